The van der Waals surface area contributed by atoms with Crippen LogP contribution in [0.15, 0.2) is 24.3 Å². The third-order valence-corrected chi connectivity index (χ3v) is 3.65. The maximum atomic E-state index is 12.4. The molecule has 21 heavy (non-hydrogen) atoms. The fourth-order valence-electron chi connectivity index (χ4n) is 2.67. The summed E-state index contributed by atoms with van der Waals surface area (Å²) in [6.45, 7) is 2.23. The van der Waals surface area contributed by atoms with E-state index in [-0.39, 0.29) is 17.9 Å². The van der Waals surface area contributed by atoms with E-state index in [9.17, 15) is 9.59 Å². The van der Waals surface area contributed by atoms with E-state index in [4.69, 9.17) is 5.26 Å². The standard InChI is InChI=1S/C16H19N3O2/c1-12(20)9-15-7-2-3-8-19(15)16(21)18-14-6-4-5-13(10-14)11-17/h4-6,10,15H,2-3,7-9H2,1H3,(H,18,21). The zero-order chi connectivity index (χ0) is 15.2. The van der Waals surface area contributed by atoms with Crippen LogP contribution in [0.2, 0.25) is 0 Å². The summed E-state index contributed by atoms with van der Waals surface area (Å²) in [7, 11) is 0. The van der Waals surface area contributed by atoms with Gasteiger partial charge in [0.2, 0.25) is 0 Å². The Balaban J connectivity index is 2.06. The van der Waals surface area contributed by atoms with Gasteiger partial charge >= 0.3 is 6.03 Å². The number of carbonyl (C=O) groups is 2. The second kappa shape index (κ2) is 6.89. The SMILES string of the molecule is CC(=O)CC1CCCCN1C(=O)Nc1cccc(C#N)c1. The van der Waals surface area contributed by atoms with Gasteiger partial charge in [-0.05, 0) is 44.4 Å². The van der Waals surface area contributed by atoms with Gasteiger partial charge in [0.05, 0.1) is 11.6 Å². The topological polar surface area (TPSA) is 73.2 Å². The number of anilines is 1. The Kier molecular flexibility index (Phi) is 4.94. The Morgan fingerprint density at radius 2 is 2.24 bits per heavy atom. The summed E-state index contributed by atoms with van der Waals surface area (Å²) in [5.41, 5.74) is 1.11. The molecular formula is C16H19N3O2. The quantitative estimate of drug-likeness (QED) is 0.928. The molecule has 5 nitrogen and oxygen atoms in total. The van der Waals surface area contributed by atoms with Gasteiger partial charge in [-0.3, -0.25) is 4.79 Å². The van der Waals surface area contributed by atoms with E-state index in [0.29, 0.717) is 24.2 Å². The summed E-state index contributed by atoms with van der Waals surface area (Å²) in [4.78, 5) is 25.4. The number of benzene rings is 1. The number of carbonyl (C=O) groups excluding carboxylic acids is 2. The molecule has 0 bridgehead atoms. The number of amides is 2. The summed E-state index contributed by atoms with van der Waals surface area (Å²) in [5, 5.41) is 11.7. The summed E-state index contributed by atoms with van der Waals surface area (Å²) in [5.74, 6) is 0.103. The molecule has 5 heteroatoms. The molecule has 110 valence electrons. The number of urea groups is 1. The number of likely N-dealkylation sites (tertiary alicyclic amines) is 1. The first-order chi connectivity index (χ1) is 10.1. The first kappa shape index (κ1) is 15.0. The molecule has 0 radical (unpaired) electrons. The minimum Gasteiger partial charge on any atom is -0.321 e. The maximum absolute atomic E-state index is 12.4. The predicted molar refractivity (Wildman–Crippen MR) is 79.8 cm³/mol. The molecular weight excluding hydrogens is 266 g/mol. The monoisotopic (exact) mass is 285 g/mol. The van der Waals surface area contributed by atoms with Crippen LogP contribution in [0.3, 0.4) is 0 Å². The van der Waals surface area contributed by atoms with Crippen LogP contribution >= 0.6 is 0 Å². The molecule has 1 aromatic carbocycles. The van der Waals surface area contributed by atoms with Crippen LogP contribution in [0.1, 0.15) is 38.2 Å². The number of rotatable bonds is 3. The van der Waals surface area contributed by atoms with Crippen LogP contribution in [-0.4, -0.2) is 29.3 Å². The second-order valence-corrected chi connectivity index (χ2v) is 5.37. The number of piperidine rings is 1. The van der Waals surface area contributed by atoms with Gasteiger partial charge in [-0.1, -0.05) is 6.07 Å². The zero-order valence-corrected chi connectivity index (χ0v) is 12.1. The first-order valence-corrected chi connectivity index (χ1v) is 7.17. The molecule has 1 saturated heterocycles. The lowest BCUT2D eigenvalue weighted by atomic mass is 9.98. The van der Waals surface area contributed by atoms with Crippen molar-refractivity contribution >= 4 is 17.5 Å². The van der Waals surface area contributed by atoms with Crippen LogP contribution < -0.4 is 5.32 Å². The second-order valence-electron chi connectivity index (χ2n) is 5.37. The van der Waals surface area contributed by atoms with Crippen LogP contribution in [0.4, 0.5) is 10.5 Å². The van der Waals surface area contributed by atoms with Crippen LogP contribution in [0.5, 0.6) is 0 Å². The predicted octanol–water partition coefficient (Wildman–Crippen LogP) is 2.92. The molecule has 2 amide bonds. The molecule has 1 heterocycles. The van der Waals surface area contributed by atoms with Crippen molar-refractivity contribution in [1.29, 1.82) is 5.26 Å². The van der Waals surface area contributed by atoms with Crippen molar-refractivity contribution in [2.24, 2.45) is 0 Å². The van der Waals surface area contributed by atoms with Crippen molar-refractivity contribution in [3.8, 4) is 6.07 Å². The molecule has 1 fully saturated rings. The molecule has 0 saturated carbocycles. The smallest absolute Gasteiger partial charge is 0.321 e. The van der Waals surface area contributed by atoms with E-state index in [1.807, 2.05) is 6.07 Å². The molecule has 1 atom stereocenters. The molecule has 1 aromatic rings. The van der Waals surface area contributed by atoms with Crippen molar-refractivity contribution in [3.05, 3.63) is 29.8 Å². The number of hydrogen-bond acceptors (Lipinski definition) is 3. The highest BCUT2D eigenvalue weighted by Crippen LogP contribution is 2.21. The molecule has 0 aromatic heterocycles. The molecule has 0 aliphatic carbocycles. The van der Waals surface area contributed by atoms with E-state index in [2.05, 4.69) is 5.32 Å². The highest BCUT2D eigenvalue weighted by atomic mass is 16.2. The number of nitrogens with one attached hydrogen (secondary N) is 1. The van der Waals surface area contributed by atoms with E-state index in [0.717, 1.165) is 19.3 Å². The lowest BCUT2D eigenvalue weighted by Gasteiger charge is -2.35. The molecule has 0 spiro atoms. The Morgan fingerprint density at radius 1 is 1.43 bits per heavy atom. The maximum Gasteiger partial charge on any atom is 0.322 e. The van der Waals surface area contributed by atoms with Gasteiger partial charge < -0.3 is 10.2 Å². The molecule has 1 aliphatic heterocycles. The fraction of sp³-hybridized carbons (Fsp3) is 0.438. The van der Waals surface area contributed by atoms with Crippen molar-refractivity contribution in [3.63, 3.8) is 0 Å². The Labute approximate surface area is 124 Å². The first-order valence-electron chi connectivity index (χ1n) is 7.17. The van der Waals surface area contributed by atoms with Crippen LogP contribution in [0.25, 0.3) is 0 Å². The third kappa shape index (κ3) is 4.06. The summed E-state index contributed by atoms with van der Waals surface area (Å²) in [6, 6.07) is 8.65. The van der Waals surface area contributed by atoms with Crippen molar-refractivity contribution in [2.75, 3.05) is 11.9 Å². The van der Waals surface area contributed by atoms with E-state index in [1.165, 1.54) is 0 Å². The summed E-state index contributed by atoms with van der Waals surface area (Å²) >= 11 is 0. The summed E-state index contributed by atoms with van der Waals surface area (Å²) < 4.78 is 0. The van der Waals surface area contributed by atoms with Gasteiger partial charge in [-0.15, -0.1) is 0 Å². The molecule has 2 rings (SSSR count). The fourth-order valence-corrected chi connectivity index (χ4v) is 2.67. The van der Waals surface area contributed by atoms with Gasteiger partial charge in [0.15, 0.2) is 0 Å². The lowest BCUT2D eigenvalue weighted by Crippen LogP contribution is -2.46. The number of ketones is 1. The Morgan fingerprint density at radius 3 is 2.95 bits per heavy atom. The highest BCUT2D eigenvalue weighted by Gasteiger charge is 2.27. The lowest BCUT2D eigenvalue weighted by molar-refractivity contribution is -0.118. The number of nitriles is 1. The number of hydrogen-bond donors (Lipinski definition) is 1. The number of nitrogens with zero attached hydrogens (tertiary/aromatic N) is 2. The van der Waals surface area contributed by atoms with Gasteiger partial charge in [0.1, 0.15) is 5.78 Å². The van der Waals surface area contributed by atoms with Gasteiger partial charge in [0.25, 0.3) is 0 Å². The van der Waals surface area contributed by atoms with E-state index in [1.54, 1.807) is 36.1 Å². The molecule has 1 N–H and O–H groups in total. The van der Waals surface area contributed by atoms with Crippen molar-refractivity contribution in [2.45, 2.75) is 38.6 Å². The average Bonchev–Trinajstić information content (AvgIpc) is 2.47. The molecule has 1 aliphatic rings. The van der Waals surface area contributed by atoms with Crippen molar-refractivity contribution < 1.29 is 9.59 Å². The van der Waals surface area contributed by atoms with Crippen LogP contribution in [0, 0.1) is 11.3 Å². The van der Waals surface area contributed by atoms with Gasteiger partial charge in [-0.2, -0.15) is 5.26 Å². The zero-order valence-electron chi connectivity index (χ0n) is 12.1. The van der Waals surface area contributed by atoms with Crippen molar-refractivity contribution in [1.82, 2.24) is 4.90 Å². The summed E-state index contributed by atoms with van der Waals surface area (Å²) in [6.07, 6.45) is 3.28. The van der Waals surface area contributed by atoms with E-state index < -0.39 is 0 Å². The minimum absolute atomic E-state index is 0.0181. The van der Waals surface area contributed by atoms with Crippen LogP contribution in [-0.2, 0) is 4.79 Å². The molecule has 1 unspecified atom stereocenters. The number of Topliss-reactive ketones (excluding diaryl/α,β-unsaturated/α-hetero) is 1. The Bertz CT molecular complexity index is 577. The van der Waals surface area contributed by atoms with Gasteiger partial charge in [0, 0.05) is 24.7 Å². The largest absolute Gasteiger partial charge is 0.322 e. The minimum atomic E-state index is -0.198. The third-order valence-electron chi connectivity index (χ3n) is 3.65. The average molecular weight is 285 g/mol. The normalized spacial score (nSPS) is 17.9. The van der Waals surface area contributed by atoms with Gasteiger partial charge in [-0.25, -0.2) is 4.79 Å². The Hall–Kier alpha value is -2.35. The highest BCUT2D eigenvalue weighted by molar-refractivity contribution is 5.90. The van der Waals surface area contributed by atoms with E-state index >= 15 is 0 Å².